The lowest BCUT2D eigenvalue weighted by Crippen LogP contribution is -2.34. The monoisotopic (exact) mass is 466 g/mol. The number of aromatic nitrogens is 2. The van der Waals surface area contributed by atoms with Gasteiger partial charge in [-0.2, -0.15) is 5.10 Å². The van der Waals surface area contributed by atoms with Crippen LogP contribution in [-0.4, -0.2) is 49.0 Å². The second-order valence-corrected chi connectivity index (χ2v) is 7.20. The quantitative estimate of drug-likeness (QED) is 0.469. The maximum atomic E-state index is 12.2. The first-order valence-corrected chi connectivity index (χ1v) is 10.5. The van der Waals surface area contributed by atoms with Crippen LogP contribution in [0.1, 0.15) is 6.92 Å². The summed E-state index contributed by atoms with van der Waals surface area (Å²) >= 11 is 0. The van der Waals surface area contributed by atoms with Gasteiger partial charge in [-0.15, -0.1) is 0 Å². The summed E-state index contributed by atoms with van der Waals surface area (Å²) in [7, 11) is 3.10. The van der Waals surface area contributed by atoms with E-state index in [0.29, 0.717) is 28.6 Å². The van der Waals surface area contributed by atoms with Crippen molar-refractivity contribution in [2.24, 2.45) is 0 Å². The largest absolute Gasteiger partial charge is 0.493 e. The van der Waals surface area contributed by atoms with E-state index < -0.39 is 0 Å². The van der Waals surface area contributed by atoms with Crippen molar-refractivity contribution in [3.8, 4) is 28.5 Å². The van der Waals surface area contributed by atoms with Crippen LogP contribution >= 0.6 is 0 Å². The minimum atomic E-state index is -0.353. The Kier molecular flexibility index (Phi) is 8.22. The van der Waals surface area contributed by atoms with Gasteiger partial charge in [0.2, 0.25) is 5.91 Å². The van der Waals surface area contributed by atoms with Crippen LogP contribution in [-0.2, 0) is 16.1 Å². The zero-order valence-electron chi connectivity index (χ0n) is 19.2. The molecular weight excluding hydrogens is 440 g/mol. The average molecular weight is 466 g/mol. The van der Waals surface area contributed by atoms with Gasteiger partial charge in [0.05, 0.1) is 26.5 Å². The summed E-state index contributed by atoms with van der Waals surface area (Å²) in [4.78, 5) is 35.5. The molecular formula is C24H26N4O6. The minimum absolute atomic E-state index is 0.184. The van der Waals surface area contributed by atoms with E-state index in [-0.39, 0.29) is 37.1 Å². The standard InChI is InChI=1S/C24H26N4O6/c1-16(29)26-18-5-4-6-19(14-18)34-15-23(30)25-11-12-28-24(31)10-8-20(27-28)17-7-9-21(32-2)22(13-17)33-3/h4-10,13-14H,11-12,15H2,1-3H3,(H,25,30)(H,26,29). The molecule has 0 spiro atoms. The number of hydrogen-bond acceptors (Lipinski definition) is 7. The first-order valence-electron chi connectivity index (χ1n) is 10.5. The fourth-order valence-corrected chi connectivity index (χ4v) is 3.13. The molecule has 0 aliphatic carbocycles. The molecule has 0 saturated carbocycles. The van der Waals surface area contributed by atoms with Gasteiger partial charge in [-0.05, 0) is 36.4 Å². The third kappa shape index (κ3) is 6.58. The number of nitrogens with one attached hydrogen (secondary N) is 2. The van der Waals surface area contributed by atoms with Gasteiger partial charge in [0, 0.05) is 36.9 Å². The molecule has 0 unspecified atom stereocenters. The maximum Gasteiger partial charge on any atom is 0.266 e. The smallest absolute Gasteiger partial charge is 0.266 e. The molecule has 0 saturated heterocycles. The SMILES string of the molecule is COc1ccc(-c2ccc(=O)n(CCNC(=O)COc3cccc(NC(C)=O)c3)n2)cc1OC. The molecule has 1 heterocycles. The molecule has 3 aromatic rings. The lowest BCUT2D eigenvalue weighted by Gasteiger charge is -2.11. The third-order valence-electron chi connectivity index (χ3n) is 4.72. The molecule has 0 aliphatic rings. The van der Waals surface area contributed by atoms with E-state index in [0.717, 1.165) is 5.56 Å². The van der Waals surface area contributed by atoms with Crippen LogP contribution in [0.25, 0.3) is 11.3 Å². The van der Waals surface area contributed by atoms with Crippen LogP contribution in [0.5, 0.6) is 17.2 Å². The van der Waals surface area contributed by atoms with Gasteiger partial charge < -0.3 is 24.8 Å². The van der Waals surface area contributed by atoms with Gasteiger partial charge in [0.1, 0.15) is 5.75 Å². The summed E-state index contributed by atoms with van der Waals surface area (Å²) in [5.74, 6) is 1.03. The Bertz CT molecular complexity index is 1220. The summed E-state index contributed by atoms with van der Waals surface area (Å²) in [6.07, 6.45) is 0. The van der Waals surface area contributed by atoms with E-state index in [4.69, 9.17) is 14.2 Å². The van der Waals surface area contributed by atoms with Crippen molar-refractivity contribution in [2.45, 2.75) is 13.5 Å². The van der Waals surface area contributed by atoms with Crippen LogP contribution in [0, 0.1) is 0 Å². The molecule has 10 nitrogen and oxygen atoms in total. The molecule has 2 aromatic carbocycles. The Morgan fingerprint density at radius 2 is 1.79 bits per heavy atom. The highest BCUT2D eigenvalue weighted by Crippen LogP contribution is 2.31. The van der Waals surface area contributed by atoms with E-state index >= 15 is 0 Å². The molecule has 10 heteroatoms. The second-order valence-electron chi connectivity index (χ2n) is 7.20. The van der Waals surface area contributed by atoms with Crippen LogP contribution in [0.3, 0.4) is 0 Å². The van der Waals surface area contributed by atoms with Crippen LogP contribution < -0.4 is 30.4 Å². The Morgan fingerprint density at radius 1 is 1.00 bits per heavy atom. The molecule has 2 N–H and O–H groups in total. The lowest BCUT2D eigenvalue weighted by atomic mass is 10.1. The predicted octanol–water partition coefficient (Wildman–Crippen LogP) is 2.08. The molecule has 0 fully saturated rings. The third-order valence-corrected chi connectivity index (χ3v) is 4.72. The predicted molar refractivity (Wildman–Crippen MR) is 126 cm³/mol. The Labute approximate surface area is 196 Å². The van der Waals surface area contributed by atoms with E-state index in [1.807, 2.05) is 6.07 Å². The van der Waals surface area contributed by atoms with Gasteiger partial charge >= 0.3 is 0 Å². The minimum Gasteiger partial charge on any atom is -0.493 e. The first kappa shape index (κ1) is 24.3. The first-order chi connectivity index (χ1) is 16.4. The van der Waals surface area contributed by atoms with Gasteiger partial charge in [-0.1, -0.05) is 6.07 Å². The number of carbonyl (C=O) groups is 2. The van der Waals surface area contributed by atoms with Crippen molar-refractivity contribution >= 4 is 17.5 Å². The van der Waals surface area contributed by atoms with Crippen LogP contribution in [0.15, 0.2) is 59.4 Å². The zero-order valence-corrected chi connectivity index (χ0v) is 19.2. The molecule has 3 rings (SSSR count). The molecule has 1 aromatic heterocycles. The highest BCUT2D eigenvalue weighted by Gasteiger charge is 2.10. The Hall–Kier alpha value is -4.34. The molecule has 2 amide bonds. The molecule has 0 atom stereocenters. The van der Waals surface area contributed by atoms with E-state index in [2.05, 4.69) is 15.7 Å². The van der Waals surface area contributed by atoms with Gasteiger partial charge in [-0.3, -0.25) is 14.4 Å². The number of amides is 2. The number of carbonyl (C=O) groups excluding carboxylic acids is 2. The summed E-state index contributed by atoms with van der Waals surface area (Å²) in [6, 6.07) is 15.1. The number of methoxy groups -OCH3 is 2. The number of nitrogens with zero attached hydrogens (tertiary/aromatic N) is 2. The number of ether oxygens (including phenoxy) is 3. The van der Waals surface area contributed by atoms with Crippen molar-refractivity contribution in [3.05, 3.63) is 65.0 Å². The van der Waals surface area contributed by atoms with Crippen molar-refractivity contribution in [2.75, 3.05) is 32.7 Å². The fraction of sp³-hybridized carbons (Fsp3) is 0.250. The second kappa shape index (κ2) is 11.5. The molecule has 0 radical (unpaired) electrons. The zero-order chi connectivity index (χ0) is 24.5. The average Bonchev–Trinajstić information content (AvgIpc) is 2.83. The number of hydrogen-bond donors (Lipinski definition) is 2. The van der Waals surface area contributed by atoms with Crippen molar-refractivity contribution in [3.63, 3.8) is 0 Å². The van der Waals surface area contributed by atoms with Crippen molar-refractivity contribution < 1.29 is 23.8 Å². The number of anilines is 1. The van der Waals surface area contributed by atoms with Crippen LogP contribution in [0.4, 0.5) is 5.69 Å². The highest BCUT2D eigenvalue weighted by atomic mass is 16.5. The summed E-state index contributed by atoms with van der Waals surface area (Å²) in [6.45, 7) is 1.57. The van der Waals surface area contributed by atoms with Crippen LogP contribution in [0.2, 0.25) is 0 Å². The highest BCUT2D eigenvalue weighted by molar-refractivity contribution is 5.88. The topological polar surface area (TPSA) is 121 Å². The maximum absolute atomic E-state index is 12.2. The molecule has 34 heavy (non-hydrogen) atoms. The summed E-state index contributed by atoms with van der Waals surface area (Å²) in [5.41, 5.74) is 1.62. The van der Waals surface area contributed by atoms with Crippen molar-refractivity contribution in [1.29, 1.82) is 0 Å². The molecule has 178 valence electrons. The summed E-state index contributed by atoms with van der Waals surface area (Å²) < 4.78 is 17.3. The van der Waals surface area contributed by atoms with Gasteiger partial charge in [0.25, 0.3) is 11.5 Å². The van der Waals surface area contributed by atoms with Gasteiger partial charge in [0.15, 0.2) is 18.1 Å². The van der Waals surface area contributed by atoms with E-state index in [9.17, 15) is 14.4 Å². The lowest BCUT2D eigenvalue weighted by molar-refractivity contribution is -0.123. The normalized spacial score (nSPS) is 10.3. The number of rotatable bonds is 10. The number of benzene rings is 2. The molecule has 0 aliphatic heterocycles. The molecule has 0 bridgehead atoms. The van der Waals surface area contributed by atoms with Crippen molar-refractivity contribution in [1.82, 2.24) is 15.1 Å². The van der Waals surface area contributed by atoms with E-state index in [1.54, 1.807) is 56.7 Å². The Balaban J connectivity index is 1.56. The summed E-state index contributed by atoms with van der Waals surface area (Å²) in [5, 5.41) is 9.73. The van der Waals surface area contributed by atoms with E-state index in [1.165, 1.54) is 17.7 Å². The fourth-order valence-electron chi connectivity index (χ4n) is 3.13. The van der Waals surface area contributed by atoms with Gasteiger partial charge in [-0.25, -0.2) is 4.68 Å². The Morgan fingerprint density at radius 3 is 2.53 bits per heavy atom.